The van der Waals surface area contributed by atoms with Gasteiger partial charge in [-0.05, 0) is 50.5 Å². The van der Waals surface area contributed by atoms with Crippen molar-refractivity contribution >= 4 is 17.8 Å². The Balaban J connectivity index is 0.000000429. The van der Waals surface area contributed by atoms with E-state index in [1.807, 2.05) is 4.90 Å². The molecule has 2 amide bonds. The standard InChI is InChI=1S/C20H24FN5O2.C2HF3O2/c21-17-10-12(5-6-24-17)19(27)26-14-3-4-15(26)9-13(8-14)18(23)20(28)25-7-1-2-16(25)11-22;3-2(4,5)1(6)7/h5-6,10,13-16,18H,1-4,7-9,23H2;(H,6,7)/t13?,14?,15?,16-,18-;/m0./s1. The highest BCUT2D eigenvalue weighted by Gasteiger charge is 2.47. The maximum Gasteiger partial charge on any atom is 0.490 e. The Kier molecular flexibility index (Phi) is 7.94. The van der Waals surface area contributed by atoms with Gasteiger partial charge in [0.05, 0.1) is 12.1 Å². The number of pyridine rings is 1. The van der Waals surface area contributed by atoms with Crippen LogP contribution in [0.4, 0.5) is 17.6 Å². The number of piperidine rings is 1. The molecule has 1 aromatic heterocycles. The van der Waals surface area contributed by atoms with E-state index >= 15 is 0 Å². The van der Waals surface area contributed by atoms with Crippen LogP contribution in [0.3, 0.4) is 0 Å². The maximum atomic E-state index is 13.4. The van der Waals surface area contributed by atoms with Gasteiger partial charge in [-0.25, -0.2) is 9.78 Å². The summed E-state index contributed by atoms with van der Waals surface area (Å²) < 4.78 is 45.1. The maximum absolute atomic E-state index is 13.4. The minimum absolute atomic E-state index is 0.0108. The van der Waals surface area contributed by atoms with Crippen molar-refractivity contribution in [2.24, 2.45) is 11.7 Å². The molecule has 2 unspecified atom stereocenters. The number of hydrogen-bond donors (Lipinski definition) is 2. The molecule has 0 saturated carbocycles. The Morgan fingerprint density at radius 2 is 1.80 bits per heavy atom. The number of carboxylic acid groups (broad SMARTS) is 1. The van der Waals surface area contributed by atoms with E-state index in [9.17, 15) is 32.4 Å². The quantitative estimate of drug-likeness (QED) is 0.479. The van der Waals surface area contributed by atoms with Crippen LogP contribution in [0.15, 0.2) is 18.3 Å². The highest BCUT2D eigenvalue weighted by Crippen LogP contribution is 2.41. The molecule has 3 saturated heterocycles. The summed E-state index contributed by atoms with van der Waals surface area (Å²) in [5.74, 6) is -3.77. The molecule has 0 radical (unpaired) electrons. The number of halogens is 4. The average molecular weight is 499 g/mol. The molecule has 4 atom stereocenters. The zero-order valence-corrected chi connectivity index (χ0v) is 18.6. The van der Waals surface area contributed by atoms with Crippen molar-refractivity contribution in [1.82, 2.24) is 14.8 Å². The summed E-state index contributed by atoms with van der Waals surface area (Å²) in [5, 5.41) is 16.4. The van der Waals surface area contributed by atoms with Crippen LogP contribution in [-0.2, 0) is 9.59 Å². The first-order valence-corrected chi connectivity index (χ1v) is 11.1. The molecule has 0 aliphatic carbocycles. The van der Waals surface area contributed by atoms with Crippen LogP contribution in [0.25, 0.3) is 0 Å². The first-order valence-electron chi connectivity index (χ1n) is 11.1. The average Bonchev–Trinajstić information content (AvgIpc) is 3.39. The number of fused-ring (bicyclic) bond motifs is 2. The molecule has 0 aromatic carbocycles. The molecule has 35 heavy (non-hydrogen) atoms. The number of nitriles is 1. The Morgan fingerprint density at radius 1 is 1.20 bits per heavy atom. The van der Waals surface area contributed by atoms with E-state index in [4.69, 9.17) is 15.6 Å². The van der Waals surface area contributed by atoms with Crippen LogP contribution in [0, 0.1) is 23.2 Å². The number of aromatic nitrogens is 1. The topological polar surface area (TPSA) is 141 Å². The van der Waals surface area contributed by atoms with Crippen LogP contribution in [0.5, 0.6) is 0 Å². The van der Waals surface area contributed by atoms with Crippen molar-refractivity contribution in [2.75, 3.05) is 6.54 Å². The number of carbonyl (C=O) groups excluding carboxylic acids is 2. The lowest BCUT2D eigenvalue weighted by Crippen LogP contribution is -2.54. The molecule has 2 bridgehead atoms. The highest BCUT2D eigenvalue weighted by molar-refractivity contribution is 5.95. The third-order valence-corrected chi connectivity index (χ3v) is 6.70. The molecule has 4 heterocycles. The van der Waals surface area contributed by atoms with Gasteiger partial charge in [-0.3, -0.25) is 9.59 Å². The monoisotopic (exact) mass is 499 g/mol. The molecular formula is C22H25F4N5O4. The van der Waals surface area contributed by atoms with Crippen LogP contribution in [0.1, 0.15) is 48.9 Å². The molecule has 9 nitrogen and oxygen atoms in total. The van der Waals surface area contributed by atoms with Gasteiger partial charge in [0.2, 0.25) is 11.9 Å². The number of likely N-dealkylation sites (tertiary alicyclic amines) is 1. The number of alkyl halides is 3. The summed E-state index contributed by atoms with van der Waals surface area (Å²) >= 11 is 0. The molecule has 1 aromatic rings. The minimum atomic E-state index is -5.08. The van der Waals surface area contributed by atoms with Crippen molar-refractivity contribution < 1.29 is 37.1 Å². The third kappa shape index (κ3) is 5.87. The molecule has 4 rings (SSSR count). The van der Waals surface area contributed by atoms with Gasteiger partial charge in [-0.2, -0.15) is 22.8 Å². The zero-order chi connectivity index (χ0) is 25.9. The Morgan fingerprint density at radius 3 is 2.31 bits per heavy atom. The van der Waals surface area contributed by atoms with E-state index < -0.39 is 24.1 Å². The fourth-order valence-electron chi connectivity index (χ4n) is 5.09. The summed E-state index contributed by atoms with van der Waals surface area (Å²) in [6.07, 6.45) is 0.805. The summed E-state index contributed by atoms with van der Waals surface area (Å²) in [7, 11) is 0. The number of nitrogens with zero attached hydrogens (tertiary/aromatic N) is 4. The number of aliphatic carboxylic acids is 1. The number of carboxylic acids is 1. The molecule has 3 fully saturated rings. The summed E-state index contributed by atoms with van der Waals surface area (Å²) in [6.45, 7) is 0.586. The number of amides is 2. The lowest BCUT2D eigenvalue weighted by Gasteiger charge is -2.41. The van der Waals surface area contributed by atoms with Gasteiger partial charge in [0, 0.05) is 36.5 Å². The predicted octanol–water partition coefficient (Wildman–Crippen LogP) is 2.08. The van der Waals surface area contributed by atoms with Gasteiger partial charge in [0.25, 0.3) is 5.91 Å². The largest absolute Gasteiger partial charge is 0.490 e. The van der Waals surface area contributed by atoms with Crippen molar-refractivity contribution in [2.45, 2.75) is 68.9 Å². The molecule has 190 valence electrons. The normalized spacial score (nSPS) is 26.4. The second kappa shape index (κ2) is 10.6. The van der Waals surface area contributed by atoms with Crippen molar-refractivity contribution in [3.63, 3.8) is 0 Å². The number of hydrogen-bond acceptors (Lipinski definition) is 6. The molecule has 3 aliphatic heterocycles. The predicted molar refractivity (Wildman–Crippen MR) is 112 cm³/mol. The van der Waals surface area contributed by atoms with Gasteiger partial charge in [0.15, 0.2) is 0 Å². The lowest BCUT2D eigenvalue weighted by atomic mass is 9.84. The summed E-state index contributed by atoms with van der Waals surface area (Å²) in [6, 6.07) is 3.88. The van der Waals surface area contributed by atoms with Crippen molar-refractivity contribution in [3.05, 3.63) is 29.8 Å². The minimum Gasteiger partial charge on any atom is -0.475 e. The van der Waals surface area contributed by atoms with Crippen molar-refractivity contribution in [1.29, 1.82) is 5.26 Å². The molecule has 13 heteroatoms. The van der Waals surface area contributed by atoms with Gasteiger partial charge in [-0.15, -0.1) is 0 Å². The smallest absolute Gasteiger partial charge is 0.475 e. The summed E-state index contributed by atoms with van der Waals surface area (Å²) in [5.41, 5.74) is 6.63. The van der Waals surface area contributed by atoms with Gasteiger partial charge < -0.3 is 20.6 Å². The molecule has 3 aliphatic rings. The van der Waals surface area contributed by atoms with E-state index in [1.54, 1.807) is 4.90 Å². The van der Waals surface area contributed by atoms with Crippen LogP contribution in [-0.4, -0.2) is 74.6 Å². The second-order valence-corrected chi connectivity index (χ2v) is 8.84. The van der Waals surface area contributed by atoms with Crippen molar-refractivity contribution in [3.8, 4) is 6.07 Å². The highest BCUT2D eigenvalue weighted by atomic mass is 19.4. The van der Waals surface area contributed by atoms with Gasteiger partial charge in [0.1, 0.15) is 6.04 Å². The van der Waals surface area contributed by atoms with E-state index in [0.29, 0.717) is 31.4 Å². The molecular weight excluding hydrogens is 474 g/mol. The number of carbonyl (C=O) groups is 3. The van der Waals surface area contributed by atoms with E-state index in [1.165, 1.54) is 18.3 Å². The molecule has 0 spiro atoms. The Labute approximate surface area is 198 Å². The van der Waals surface area contributed by atoms with Crippen LogP contribution >= 0.6 is 0 Å². The Hall–Kier alpha value is -3.27. The zero-order valence-electron chi connectivity index (χ0n) is 18.6. The fourth-order valence-corrected chi connectivity index (χ4v) is 5.09. The van der Waals surface area contributed by atoms with E-state index in [-0.39, 0.29) is 35.9 Å². The summed E-state index contributed by atoms with van der Waals surface area (Å²) in [4.78, 5) is 41.6. The van der Waals surface area contributed by atoms with Gasteiger partial charge >= 0.3 is 12.1 Å². The van der Waals surface area contributed by atoms with Gasteiger partial charge in [-0.1, -0.05) is 0 Å². The number of nitrogens with two attached hydrogens (primary N) is 1. The van der Waals surface area contributed by atoms with E-state index in [2.05, 4.69) is 11.1 Å². The van der Waals surface area contributed by atoms with Crippen LogP contribution < -0.4 is 5.73 Å². The van der Waals surface area contributed by atoms with E-state index in [0.717, 1.165) is 19.3 Å². The van der Waals surface area contributed by atoms with Crippen LogP contribution in [0.2, 0.25) is 0 Å². The first-order chi connectivity index (χ1) is 16.4. The number of rotatable bonds is 3. The fraction of sp³-hybridized carbons (Fsp3) is 0.591. The third-order valence-electron chi connectivity index (χ3n) is 6.70. The first kappa shape index (κ1) is 26.3. The Bertz CT molecular complexity index is 1000. The lowest BCUT2D eigenvalue weighted by molar-refractivity contribution is -0.192. The SMILES string of the molecule is N#C[C@@H]1CCCN1C(=O)[C@@H](N)C1CC2CCC(C1)N2C(=O)c1ccnc(F)c1.O=C(O)C(F)(F)F. The second-order valence-electron chi connectivity index (χ2n) is 8.84. The molecule has 3 N–H and O–H groups in total.